The van der Waals surface area contributed by atoms with E-state index in [1.165, 1.54) is 180 Å². The summed E-state index contributed by atoms with van der Waals surface area (Å²) in [5.74, 6) is -0.872. The van der Waals surface area contributed by atoms with Crippen molar-refractivity contribution in [1.82, 2.24) is 0 Å². The third-order valence-corrected chi connectivity index (χ3v) is 13.5. The van der Waals surface area contributed by atoms with Crippen molar-refractivity contribution >= 4 is 17.9 Å². The zero-order chi connectivity index (χ0) is 51.4. The Morgan fingerprint density at radius 1 is 0.296 bits per heavy atom. The van der Waals surface area contributed by atoms with Crippen molar-refractivity contribution in [3.63, 3.8) is 0 Å². The number of allylic oxidation sites excluding steroid dienone is 10. The standard InChI is InChI=1S/C65H116O6/c1-4-7-10-13-16-19-21-22-23-24-25-26-27-28-29-30-31-32-33-34-35-36-37-38-39-40-41-42-44-46-49-52-55-58-64(67)70-61-62(60-69-63(66)57-54-51-48-45-18-15-12-9-6-3)71-65(68)59-56-53-50-47-43-20-17-14-11-8-5-2/h7,10,14,16-17,19,22-23,25-26,62H,4-6,8-9,11-13,15,18,20-21,24,27-61H2,1-3H3/b10-7-,17-14-,19-16-,23-22-,26-25-. The van der Waals surface area contributed by atoms with E-state index in [-0.39, 0.29) is 31.1 Å². The predicted molar refractivity (Wildman–Crippen MR) is 307 cm³/mol. The van der Waals surface area contributed by atoms with Gasteiger partial charge in [-0.15, -0.1) is 0 Å². The molecule has 0 N–H and O–H groups in total. The summed E-state index contributed by atoms with van der Waals surface area (Å²) < 4.78 is 16.8. The summed E-state index contributed by atoms with van der Waals surface area (Å²) in [7, 11) is 0. The van der Waals surface area contributed by atoms with Crippen molar-refractivity contribution in [2.24, 2.45) is 0 Å². The molecule has 0 aromatic carbocycles. The Morgan fingerprint density at radius 2 is 0.563 bits per heavy atom. The largest absolute Gasteiger partial charge is 0.462 e. The molecule has 0 rings (SSSR count). The third kappa shape index (κ3) is 57.9. The van der Waals surface area contributed by atoms with E-state index in [2.05, 4.69) is 81.5 Å². The van der Waals surface area contributed by atoms with Crippen LogP contribution in [0.2, 0.25) is 0 Å². The Bertz CT molecular complexity index is 1280. The smallest absolute Gasteiger partial charge is 0.306 e. The molecule has 412 valence electrons. The average Bonchev–Trinajstić information content (AvgIpc) is 3.37. The number of unbranched alkanes of at least 4 members (excludes halogenated alkanes) is 35. The van der Waals surface area contributed by atoms with Gasteiger partial charge in [-0.05, 0) is 77.0 Å². The van der Waals surface area contributed by atoms with E-state index >= 15 is 0 Å². The maximum atomic E-state index is 12.8. The van der Waals surface area contributed by atoms with Gasteiger partial charge in [-0.1, -0.05) is 281 Å². The summed E-state index contributed by atoms with van der Waals surface area (Å²) in [5.41, 5.74) is 0. The van der Waals surface area contributed by atoms with E-state index in [9.17, 15) is 14.4 Å². The normalized spacial score (nSPS) is 12.4. The number of ether oxygens (including phenoxy) is 3. The molecule has 0 amide bonds. The Hall–Kier alpha value is -2.89. The first-order valence-electron chi connectivity index (χ1n) is 30.8. The van der Waals surface area contributed by atoms with Gasteiger partial charge in [0.2, 0.25) is 0 Å². The van der Waals surface area contributed by atoms with Gasteiger partial charge in [-0.2, -0.15) is 0 Å². The van der Waals surface area contributed by atoms with Crippen LogP contribution in [0.4, 0.5) is 0 Å². The number of carbonyl (C=O) groups is 3. The third-order valence-electron chi connectivity index (χ3n) is 13.5. The molecule has 1 unspecified atom stereocenters. The second-order valence-electron chi connectivity index (χ2n) is 20.6. The quantitative estimate of drug-likeness (QED) is 0.0261. The van der Waals surface area contributed by atoms with Gasteiger partial charge in [-0.3, -0.25) is 14.4 Å². The lowest BCUT2D eigenvalue weighted by Gasteiger charge is -2.18. The highest BCUT2D eigenvalue weighted by atomic mass is 16.6. The van der Waals surface area contributed by atoms with Gasteiger partial charge in [0.05, 0.1) is 0 Å². The number of esters is 3. The fourth-order valence-corrected chi connectivity index (χ4v) is 8.89. The number of carbonyl (C=O) groups excluding carboxylic acids is 3. The molecule has 6 nitrogen and oxygen atoms in total. The Balaban J connectivity index is 3.97. The lowest BCUT2D eigenvalue weighted by atomic mass is 10.0. The van der Waals surface area contributed by atoms with Crippen LogP contribution in [-0.4, -0.2) is 37.2 Å². The second kappa shape index (κ2) is 59.7. The van der Waals surface area contributed by atoms with Gasteiger partial charge in [-0.25, -0.2) is 0 Å². The van der Waals surface area contributed by atoms with Crippen LogP contribution in [0.5, 0.6) is 0 Å². The van der Waals surface area contributed by atoms with Gasteiger partial charge in [0, 0.05) is 19.3 Å². The lowest BCUT2D eigenvalue weighted by Crippen LogP contribution is -2.30. The van der Waals surface area contributed by atoms with E-state index < -0.39 is 6.10 Å². The zero-order valence-corrected chi connectivity index (χ0v) is 47.2. The molecule has 0 saturated heterocycles. The maximum absolute atomic E-state index is 12.8. The molecule has 0 aliphatic carbocycles. The van der Waals surface area contributed by atoms with Crippen molar-refractivity contribution in [3.05, 3.63) is 60.8 Å². The fraction of sp³-hybridized carbons (Fsp3) is 0.800. The zero-order valence-electron chi connectivity index (χ0n) is 47.2. The minimum absolute atomic E-state index is 0.0725. The molecule has 0 aliphatic heterocycles. The summed E-state index contributed by atoms with van der Waals surface area (Å²) in [4.78, 5) is 38.0. The van der Waals surface area contributed by atoms with Gasteiger partial charge in [0.1, 0.15) is 13.2 Å². The molecule has 0 spiro atoms. The van der Waals surface area contributed by atoms with Crippen molar-refractivity contribution in [2.75, 3.05) is 13.2 Å². The van der Waals surface area contributed by atoms with E-state index in [1.54, 1.807) is 0 Å². The van der Waals surface area contributed by atoms with E-state index in [1.807, 2.05) is 0 Å². The topological polar surface area (TPSA) is 78.9 Å². The van der Waals surface area contributed by atoms with Crippen LogP contribution in [0.1, 0.15) is 316 Å². The Morgan fingerprint density at radius 3 is 0.915 bits per heavy atom. The van der Waals surface area contributed by atoms with Crippen molar-refractivity contribution in [2.45, 2.75) is 322 Å². The fourth-order valence-electron chi connectivity index (χ4n) is 8.89. The van der Waals surface area contributed by atoms with Crippen LogP contribution in [-0.2, 0) is 28.6 Å². The maximum Gasteiger partial charge on any atom is 0.306 e. The molecule has 0 fully saturated rings. The van der Waals surface area contributed by atoms with Crippen LogP contribution in [0, 0.1) is 0 Å². The Labute approximate surface area is 440 Å². The molecule has 0 aliphatic rings. The van der Waals surface area contributed by atoms with E-state index in [0.717, 1.165) is 96.3 Å². The highest BCUT2D eigenvalue weighted by molar-refractivity contribution is 5.71. The monoisotopic (exact) mass is 993 g/mol. The number of rotatable bonds is 56. The molecular weight excluding hydrogens is 877 g/mol. The van der Waals surface area contributed by atoms with Gasteiger partial charge in [0.25, 0.3) is 0 Å². The van der Waals surface area contributed by atoms with Gasteiger partial charge < -0.3 is 14.2 Å². The van der Waals surface area contributed by atoms with Gasteiger partial charge in [0.15, 0.2) is 6.10 Å². The van der Waals surface area contributed by atoms with Crippen LogP contribution in [0.25, 0.3) is 0 Å². The first-order valence-corrected chi connectivity index (χ1v) is 30.8. The summed E-state index contributed by atoms with van der Waals surface area (Å²) in [6.07, 6.45) is 75.5. The highest BCUT2D eigenvalue weighted by Crippen LogP contribution is 2.17. The van der Waals surface area contributed by atoms with Crippen molar-refractivity contribution < 1.29 is 28.6 Å². The second-order valence-corrected chi connectivity index (χ2v) is 20.6. The van der Waals surface area contributed by atoms with Crippen molar-refractivity contribution in [3.8, 4) is 0 Å². The van der Waals surface area contributed by atoms with Crippen molar-refractivity contribution in [1.29, 1.82) is 0 Å². The van der Waals surface area contributed by atoms with Gasteiger partial charge >= 0.3 is 17.9 Å². The molecule has 1 atom stereocenters. The molecule has 0 aromatic rings. The first-order chi connectivity index (χ1) is 35.0. The first kappa shape index (κ1) is 68.1. The molecule has 0 bridgehead atoms. The molecule has 0 heterocycles. The summed E-state index contributed by atoms with van der Waals surface area (Å²) in [5, 5.41) is 0. The van der Waals surface area contributed by atoms with Crippen LogP contribution >= 0.6 is 0 Å². The van der Waals surface area contributed by atoms with Crippen LogP contribution < -0.4 is 0 Å². The molecule has 71 heavy (non-hydrogen) atoms. The number of hydrogen-bond acceptors (Lipinski definition) is 6. The summed E-state index contributed by atoms with van der Waals surface area (Å²) in [6, 6.07) is 0. The average molecular weight is 994 g/mol. The minimum Gasteiger partial charge on any atom is -0.462 e. The SMILES string of the molecule is CC/C=C\C/C=C\C/C=C\C/C=C\CCCCCCCCCCCCCCCCCCCCCCC(=O)OCC(COC(=O)CCCCCCCCCCC)OC(=O)CCCCCCC/C=C\CCCC. The molecule has 0 radical (unpaired) electrons. The Kier molecular flexibility index (Phi) is 57.2. The van der Waals surface area contributed by atoms with E-state index in [0.29, 0.717) is 19.3 Å². The van der Waals surface area contributed by atoms with Crippen LogP contribution in [0.3, 0.4) is 0 Å². The molecule has 0 saturated carbocycles. The summed E-state index contributed by atoms with van der Waals surface area (Å²) >= 11 is 0. The van der Waals surface area contributed by atoms with E-state index in [4.69, 9.17) is 14.2 Å². The predicted octanol–water partition coefficient (Wildman–Crippen LogP) is 20.8. The minimum atomic E-state index is -0.772. The highest BCUT2D eigenvalue weighted by Gasteiger charge is 2.19. The molecule has 0 aromatic heterocycles. The van der Waals surface area contributed by atoms with Crippen LogP contribution in [0.15, 0.2) is 60.8 Å². The molecular formula is C65H116O6. The molecule has 6 heteroatoms. The summed E-state index contributed by atoms with van der Waals surface area (Å²) in [6.45, 7) is 6.49. The lowest BCUT2D eigenvalue weighted by molar-refractivity contribution is -0.167. The number of hydrogen-bond donors (Lipinski definition) is 0.